The summed E-state index contributed by atoms with van der Waals surface area (Å²) in [6, 6.07) is 0. The van der Waals surface area contributed by atoms with E-state index in [1.165, 1.54) is 0 Å². The van der Waals surface area contributed by atoms with Gasteiger partial charge in [0.15, 0.2) is 0 Å². The van der Waals surface area contributed by atoms with Crippen LogP contribution in [-0.4, -0.2) is 62.6 Å². The predicted molar refractivity (Wildman–Crippen MR) is 69.8 cm³/mol. The van der Waals surface area contributed by atoms with Crippen LogP contribution in [-0.2, 0) is 11.8 Å². The first-order chi connectivity index (χ1) is 8.88. The molecule has 2 rings (SSSR count). The fourth-order valence-corrected chi connectivity index (χ4v) is 2.31. The Labute approximate surface area is 111 Å². The minimum atomic E-state index is -0.769. The quantitative estimate of drug-likeness (QED) is 0.655. The molecule has 7 heteroatoms. The van der Waals surface area contributed by atoms with E-state index in [4.69, 9.17) is 0 Å². The molecule has 1 aliphatic rings. The van der Waals surface area contributed by atoms with E-state index in [1.807, 2.05) is 20.9 Å². The first kappa shape index (κ1) is 14.0. The summed E-state index contributed by atoms with van der Waals surface area (Å²) in [6.07, 6.45) is -1.54. The van der Waals surface area contributed by atoms with E-state index in [2.05, 4.69) is 10.4 Å². The van der Waals surface area contributed by atoms with Crippen molar-refractivity contribution in [2.75, 3.05) is 25.0 Å². The van der Waals surface area contributed by atoms with Gasteiger partial charge in [0.05, 0.1) is 35.8 Å². The van der Waals surface area contributed by atoms with Gasteiger partial charge in [0, 0.05) is 20.1 Å². The third kappa shape index (κ3) is 2.94. The van der Waals surface area contributed by atoms with Gasteiger partial charge >= 0.3 is 0 Å². The lowest BCUT2D eigenvalue weighted by Crippen LogP contribution is -2.32. The fourth-order valence-electron chi connectivity index (χ4n) is 2.31. The van der Waals surface area contributed by atoms with Crippen LogP contribution in [0.4, 0.5) is 5.69 Å². The number of aliphatic hydroxyl groups excluding tert-OH is 2. The molecular weight excluding hydrogens is 248 g/mol. The number of aryl methyl sites for hydroxylation is 2. The lowest BCUT2D eigenvalue weighted by Gasteiger charge is -2.14. The molecule has 2 heterocycles. The van der Waals surface area contributed by atoms with E-state index in [0.717, 1.165) is 17.1 Å². The molecule has 1 aromatic heterocycles. The largest absolute Gasteiger partial charge is 0.389 e. The third-order valence-corrected chi connectivity index (χ3v) is 3.48. The smallest absolute Gasteiger partial charge is 0.238 e. The Hall–Kier alpha value is -1.44. The Bertz CT molecular complexity index is 476. The molecule has 2 unspecified atom stereocenters. The molecule has 0 aliphatic carbocycles. The number of amides is 1. The van der Waals surface area contributed by atoms with E-state index in [9.17, 15) is 15.0 Å². The van der Waals surface area contributed by atoms with Gasteiger partial charge in [-0.1, -0.05) is 0 Å². The first-order valence-electron chi connectivity index (χ1n) is 6.27. The Kier molecular flexibility index (Phi) is 3.88. The topological polar surface area (TPSA) is 90.6 Å². The number of β-amino-alcohol motifs (C(OH)–C–C–N with tert-alkyl or cyclic N) is 2. The van der Waals surface area contributed by atoms with Crippen LogP contribution in [0.5, 0.6) is 0 Å². The molecule has 0 aromatic carbocycles. The molecule has 1 saturated heterocycles. The van der Waals surface area contributed by atoms with Crippen molar-refractivity contribution in [3.63, 3.8) is 0 Å². The number of hydrogen-bond acceptors (Lipinski definition) is 5. The number of rotatable bonds is 3. The summed E-state index contributed by atoms with van der Waals surface area (Å²) in [5.41, 5.74) is 2.40. The Morgan fingerprint density at radius 2 is 1.95 bits per heavy atom. The zero-order valence-electron chi connectivity index (χ0n) is 11.4. The van der Waals surface area contributed by atoms with Gasteiger partial charge in [-0.05, 0) is 13.8 Å². The average Bonchev–Trinajstić information content (AvgIpc) is 2.74. The molecule has 0 spiro atoms. The standard InChI is InChI=1S/C12H20N4O3/c1-7-12(8(2)15(3)14-7)13-11(19)6-16-4-9(17)10(18)5-16/h9-10,17-18H,4-6H2,1-3H3,(H,13,19). The molecule has 2 atom stereocenters. The van der Waals surface area contributed by atoms with Gasteiger partial charge in [0.2, 0.25) is 5.91 Å². The molecule has 1 aliphatic heterocycles. The normalized spacial score (nSPS) is 23.8. The summed E-state index contributed by atoms with van der Waals surface area (Å²) < 4.78 is 1.72. The van der Waals surface area contributed by atoms with Crippen molar-refractivity contribution in [2.45, 2.75) is 26.1 Å². The maximum atomic E-state index is 11.9. The van der Waals surface area contributed by atoms with Gasteiger partial charge in [-0.25, -0.2) is 0 Å². The molecule has 106 valence electrons. The number of anilines is 1. The van der Waals surface area contributed by atoms with Crippen molar-refractivity contribution in [3.8, 4) is 0 Å². The van der Waals surface area contributed by atoms with Crippen molar-refractivity contribution < 1.29 is 15.0 Å². The van der Waals surface area contributed by atoms with Crippen LogP contribution in [0.2, 0.25) is 0 Å². The fraction of sp³-hybridized carbons (Fsp3) is 0.667. The Balaban J connectivity index is 1.95. The van der Waals surface area contributed by atoms with Gasteiger partial charge in [-0.15, -0.1) is 0 Å². The number of nitrogens with one attached hydrogen (secondary N) is 1. The molecule has 3 N–H and O–H groups in total. The first-order valence-corrected chi connectivity index (χ1v) is 6.27. The van der Waals surface area contributed by atoms with Crippen LogP contribution in [0.25, 0.3) is 0 Å². The maximum Gasteiger partial charge on any atom is 0.238 e. The van der Waals surface area contributed by atoms with E-state index in [1.54, 1.807) is 9.58 Å². The van der Waals surface area contributed by atoms with Crippen LogP contribution < -0.4 is 5.32 Å². The second-order valence-electron chi connectivity index (χ2n) is 5.05. The summed E-state index contributed by atoms with van der Waals surface area (Å²) in [6.45, 7) is 4.52. The highest BCUT2D eigenvalue weighted by Gasteiger charge is 2.30. The Morgan fingerprint density at radius 3 is 2.42 bits per heavy atom. The highest BCUT2D eigenvalue weighted by molar-refractivity contribution is 5.93. The van der Waals surface area contributed by atoms with Crippen LogP contribution in [0.3, 0.4) is 0 Å². The summed E-state index contributed by atoms with van der Waals surface area (Å²) in [5, 5.41) is 25.9. The molecule has 19 heavy (non-hydrogen) atoms. The van der Waals surface area contributed by atoms with Crippen molar-refractivity contribution in [2.24, 2.45) is 7.05 Å². The SMILES string of the molecule is Cc1nn(C)c(C)c1NC(=O)CN1CC(O)C(O)C1. The minimum absolute atomic E-state index is 0.155. The van der Waals surface area contributed by atoms with Crippen molar-refractivity contribution >= 4 is 11.6 Å². The van der Waals surface area contributed by atoms with Crippen molar-refractivity contribution in [1.82, 2.24) is 14.7 Å². The molecule has 7 nitrogen and oxygen atoms in total. The number of nitrogens with zero attached hydrogens (tertiary/aromatic N) is 3. The van der Waals surface area contributed by atoms with E-state index in [-0.39, 0.29) is 12.5 Å². The number of likely N-dealkylation sites (tertiary alicyclic amines) is 1. The van der Waals surface area contributed by atoms with Crippen molar-refractivity contribution in [1.29, 1.82) is 0 Å². The van der Waals surface area contributed by atoms with E-state index >= 15 is 0 Å². The van der Waals surface area contributed by atoms with Crippen LogP contribution in [0, 0.1) is 13.8 Å². The number of carbonyl (C=O) groups excluding carboxylic acids is 1. The van der Waals surface area contributed by atoms with Gasteiger partial charge in [-0.3, -0.25) is 14.4 Å². The van der Waals surface area contributed by atoms with Gasteiger partial charge in [0.1, 0.15) is 0 Å². The zero-order chi connectivity index (χ0) is 14.2. The average molecular weight is 268 g/mol. The molecule has 0 bridgehead atoms. The minimum Gasteiger partial charge on any atom is -0.389 e. The Morgan fingerprint density at radius 1 is 1.37 bits per heavy atom. The molecule has 0 saturated carbocycles. The third-order valence-electron chi connectivity index (χ3n) is 3.48. The lowest BCUT2D eigenvalue weighted by molar-refractivity contribution is -0.117. The monoisotopic (exact) mass is 268 g/mol. The highest BCUT2D eigenvalue weighted by Crippen LogP contribution is 2.18. The lowest BCUT2D eigenvalue weighted by atomic mass is 10.3. The molecule has 1 aromatic rings. The maximum absolute atomic E-state index is 11.9. The summed E-state index contributed by atoms with van der Waals surface area (Å²) >= 11 is 0. The predicted octanol–water partition coefficient (Wildman–Crippen LogP) is -0.987. The molecule has 1 fully saturated rings. The molecular formula is C12H20N4O3. The number of hydrogen-bond donors (Lipinski definition) is 3. The number of aliphatic hydroxyl groups is 2. The van der Waals surface area contributed by atoms with Crippen LogP contribution in [0.15, 0.2) is 0 Å². The van der Waals surface area contributed by atoms with Gasteiger partial charge < -0.3 is 15.5 Å². The molecule has 0 radical (unpaired) electrons. The number of aromatic nitrogens is 2. The summed E-state index contributed by atoms with van der Waals surface area (Å²) in [7, 11) is 1.82. The molecule has 1 amide bonds. The van der Waals surface area contributed by atoms with Gasteiger partial charge in [-0.2, -0.15) is 5.10 Å². The highest BCUT2D eigenvalue weighted by atomic mass is 16.3. The van der Waals surface area contributed by atoms with Gasteiger partial charge in [0.25, 0.3) is 0 Å². The zero-order valence-corrected chi connectivity index (χ0v) is 11.4. The second-order valence-corrected chi connectivity index (χ2v) is 5.05. The second kappa shape index (κ2) is 5.28. The van der Waals surface area contributed by atoms with E-state index in [0.29, 0.717) is 13.1 Å². The van der Waals surface area contributed by atoms with E-state index < -0.39 is 12.2 Å². The van der Waals surface area contributed by atoms with Crippen molar-refractivity contribution in [3.05, 3.63) is 11.4 Å². The van der Waals surface area contributed by atoms with Crippen LogP contribution in [0.1, 0.15) is 11.4 Å². The number of carbonyl (C=O) groups is 1. The summed E-state index contributed by atoms with van der Waals surface area (Å²) in [4.78, 5) is 13.7. The summed E-state index contributed by atoms with van der Waals surface area (Å²) in [5.74, 6) is -0.166. The van der Waals surface area contributed by atoms with Crippen LogP contribution >= 0.6 is 0 Å².